The zero-order chi connectivity index (χ0) is 16.9. The fourth-order valence-electron chi connectivity index (χ4n) is 3.65. The number of imide groups is 1. The second-order valence-electron chi connectivity index (χ2n) is 6.15. The number of ether oxygens (including phenoxy) is 1. The molecule has 0 saturated carbocycles. The maximum Gasteiger partial charge on any atom is 0.326 e. The molecule has 23 heavy (non-hydrogen) atoms. The second-order valence-corrected chi connectivity index (χ2v) is 6.15. The zero-order valence-corrected chi connectivity index (χ0v) is 13.1. The van der Waals surface area contributed by atoms with Gasteiger partial charge in [0.25, 0.3) is 0 Å². The fourth-order valence-corrected chi connectivity index (χ4v) is 3.65. The highest BCUT2D eigenvalue weighted by molar-refractivity contribution is 6.09. The number of likely N-dealkylation sites (tertiary alicyclic amines) is 1. The number of esters is 1. The predicted octanol–water partition coefficient (Wildman–Crippen LogP) is 0.199. The molecule has 2 N–H and O–H groups in total. The monoisotopic (exact) mass is 318 g/mol. The number of phenols is 1. The highest BCUT2D eigenvalue weighted by Crippen LogP contribution is 2.48. The Kier molecular flexibility index (Phi) is 3.40. The van der Waals surface area contributed by atoms with E-state index < -0.39 is 29.4 Å². The van der Waals surface area contributed by atoms with Crippen LogP contribution in [0.4, 0.5) is 0 Å². The van der Waals surface area contributed by atoms with Gasteiger partial charge in [-0.3, -0.25) is 24.6 Å². The normalized spacial score (nSPS) is 33.0. The number of benzene rings is 1. The van der Waals surface area contributed by atoms with Gasteiger partial charge in [-0.25, -0.2) is 0 Å². The van der Waals surface area contributed by atoms with E-state index in [9.17, 15) is 19.5 Å². The molecule has 0 aromatic heterocycles. The van der Waals surface area contributed by atoms with Gasteiger partial charge in [-0.2, -0.15) is 0 Å². The first kappa shape index (κ1) is 15.5. The van der Waals surface area contributed by atoms with Crippen LogP contribution in [0, 0.1) is 11.8 Å². The summed E-state index contributed by atoms with van der Waals surface area (Å²) in [6, 6.07) is 5.84. The molecule has 2 saturated heterocycles. The largest absolute Gasteiger partial charge is 0.508 e. The maximum absolute atomic E-state index is 12.5. The summed E-state index contributed by atoms with van der Waals surface area (Å²) >= 11 is 0. The number of hydrogen-bond acceptors (Lipinski definition) is 6. The third-order valence-electron chi connectivity index (χ3n) is 4.87. The Labute approximate surface area is 133 Å². The van der Waals surface area contributed by atoms with Crippen LogP contribution in [0.1, 0.15) is 18.5 Å². The Bertz CT molecular complexity index is 686. The molecule has 2 fully saturated rings. The molecule has 0 bridgehead atoms. The number of aromatic hydroxyl groups is 1. The first-order chi connectivity index (χ1) is 10.8. The summed E-state index contributed by atoms with van der Waals surface area (Å²) < 4.78 is 4.84. The first-order valence-corrected chi connectivity index (χ1v) is 7.27. The van der Waals surface area contributed by atoms with Crippen LogP contribution in [0.3, 0.4) is 0 Å². The van der Waals surface area contributed by atoms with Crippen molar-refractivity contribution in [2.75, 3.05) is 14.2 Å². The minimum Gasteiger partial charge on any atom is -0.508 e. The molecule has 122 valence electrons. The average Bonchev–Trinajstić information content (AvgIpc) is 2.97. The lowest BCUT2D eigenvalue weighted by atomic mass is 9.80. The SMILES string of the molecule is COC(=O)[C@]1(C)N[C@@H](c2ccc(O)cc2)[C@H]2C(=O)N(C)C(=O)[C@H]21. The summed E-state index contributed by atoms with van der Waals surface area (Å²) in [5.41, 5.74) is -0.554. The van der Waals surface area contributed by atoms with E-state index in [0.717, 1.165) is 10.5 Å². The van der Waals surface area contributed by atoms with E-state index in [4.69, 9.17) is 4.74 Å². The van der Waals surface area contributed by atoms with Crippen LogP contribution in [0.2, 0.25) is 0 Å². The van der Waals surface area contributed by atoms with E-state index in [2.05, 4.69) is 5.32 Å². The van der Waals surface area contributed by atoms with Crippen molar-refractivity contribution in [3.05, 3.63) is 29.8 Å². The minimum absolute atomic E-state index is 0.102. The number of amides is 2. The Balaban J connectivity index is 2.09. The van der Waals surface area contributed by atoms with E-state index in [0.29, 0.717) is 0 Å². The highest BCUT2D eigenvalue weighted by atomic mass is 16.5. The van der Waals surface area contributed by atoms with Gasteiger partial charge in [0, 0.05) is 13.1 Å². The molecule has 2 aliphatic rings. The molecule has 2 heterocycles. The molecule has 0 spiro atoms. The van der Waals surface area contributed by atoms with E-state index in [1.54, 1.807) is 19.1 Å². The molecule has 7 heteroatoms. The zero-order valence-electron chi connectivity index (χ0n) is 13.1. The van der Waals surface area contributed by atoms with Crippen molar-refractivity contribution in [1.82, 2.24) is 10.2 Å². The van der Waals surface area contributed by atoms with E-state index in [1.165, 1.54) is 26.3 Å². The van der Waals surface area contributed by atoms with Gasteiger partial charge in [0.05, 0.1) is 18.9 Å². The molecular formula is C16H18N2O5. The number of carbonyl (C=O) groups excluding carboxylic acids is 3. The summed E-state index contributed by atoms with van der Waals surface area (Å²) in [7, 11) is 2.68. The number of hydrogen-bond donors (Lipinski definition) is 2. The number of nitrogens with one attached hydrogen (secondary N) is 1. The number of nitrogens with zero attached hydrogens (tertiary/aromatic N) is 1. The highest BCUT2D eigenvalue weighted by Gasteiger charge is 2.66. The lowest BCUT2D eigenvalue weighted by molar-refractivity contribution is -0.152. The number of phenolic OH excluding ortho intramolecular Hbond substituents is 1. The molecule has 2 amide bonds. The molecule has 1 aromatic rings. The van der Waals surface area contributed by atoms with Crippen molar-refractivity contribution >= 4 is 17.8 Å². The van der Waals surface area contributed by atoms with Crippen LogP contribution in [-0.2, 0) is 19.1 Å². The number of carbonyl (C=O) groups is 3. The Morgan fingerprint density at radius 3 is 2.43 bits per heavy atom. The number of rotatable bonds is 2. The third kappa shape index (κ3) is 2.03. The summed E-state index contributed by atoms with van der Waals surface area (Å²) in [4.78, 5) is 38.3. The Morgan fingerprint density at radius 1 is 1.26 bits per heavy atom. The van der Waals surface area contributed by atoms with E-state index in [1.807, 2.05) is 0 Å². The van der Waals surface area contributed by atoms with Crippen molar-refractivity contribution < 1.29 is 24.2 Å². The molecule has 0 unspecified atom stereocenters. The van der Waals surface area contributed by atoms with Gasteiger partial charge in [-0.15, -0.1) is 0 Å². The minimum atomic E-state index is -1.28. The molecule has 2 aliphatic heterocycles. The fraction of sp³-hybridized carbons (Fsp3) is 0.438. The molecular weight excluding hydrogens is 300 g/mol. The second kappa shape index (κ2) is 5.06. The van der Waals surface area contributed by atoms with Crippen LogP contribution in [-0.4, -0.2) is 47.5 Å². The van der Waals surface area contributed by atoms with Gasteiger partial charge in [0.15, 0.2) is 0 Å². The summed E-state index contributed by atoms with van der Waals surface area (Å²) in [5, 5.41) is 12.5. The topological polar surface area (TPSA) is 95.9 Å². The molecule has 0 radical (unpaired) electrons. The molecule has 7 nitrogen and oxygen atoms in total. The smallest absolute Gasteiger partial charge is 0.326 e. The van der Waals surface area contributed by atoms with Gasteiger partial charge in [0.1, 0.15) is 11.3 Å². The standard InChI is InChI=1S/C16H18N2O5/c1-16(15(22)23-3)11-10(13(20)18(2)14(11)21)12(17-16)8-4-6-9(19)7-5-8/h4-7,10-12,17,19H,1-3H3/t10-,11-,12-,16+/m0/s1. The Morgan fingerprint density at radius 2 is 1.87 bits per heavy atom. The lowest BCUT2D eigenvalue weighted by Gasteiger charge is -2.27. The van der Waals surface area contributed by atoms with Crippen LogP contribution in [0.5, 0.6) is 5.75 Å². The van der Waals surface area contributed by atoms with Crippen molar-refractivity contribution in [3.8, 4) is 5.75 Å². The third-order valence-corrected chi connectivity index (χ3v) is 4.87. The van der Waals surface area contributed by atoms with E-state index in [-0.39, 0.29) is 17.6 Å². The average molecular weight is 318 g/mol. The maximum atomic E-state index is 12.5. The van der Waals surface area contributed by atoms with Gasteiger partial charge >= 0.3 is 5.97 Å². The quantitative estimate of drug-likeness (QED) is 0.597. The van der Waals surface area contributed by atoms with Crippen LogP contribution in [0.15, 0.2) is 24.3 Å². The van der Waals surface area contributed by atoms with Gasteiger partial charge in [-0.05, 0) is 24.6 Å². The summed E-state index contributed by atoms with van der Waals surface area (Å²) in [6.07, 6.45) is 0. The predicted molar refractivity (Wildman–Crippen MR) is 79.2 cm³/mol. The summed E-state index contributed by atoms with van der Waals surface area (Å²) in [6.45, 7) is 1.58. The van der Waals surface area contributed by atoms with E-state index >= 15 is 0 Å². The number of fused-ring (bicyclic) bond motifs is 1. The van der Waals surface area contributed by atoms with Crippen molar-refractivity contribution in [2.24, 2.45) is 11.8 Å². The molecule has 1 aromatic carbocycles. The lowest BCUT2D eigenvalue weighted by Crippen LogP contribution is -2.53. The first-order valence-electron chi connectivity index (χ1n) is 7.27. The van der Waals surface area contributed by atoms with Crippen molar-refractivity contribution in [2.45, 2.75) is 18.5 Å². The van der Waals surface area contributed by atoms with Gasteiger partial charge in [-0.1, -0.05) is 12.1 Å². The van der Waals surface area contributed by atoms with Gasteiger partial charge < -0.3 is 9.84 Å². The van der Waals surface area contributed by atoms with Crippen LogP contribution < -0.4 is 5.32 Å². The van der Waals surface area contributed by atoms with Crippen molar-refractivity contribution in [3.63, 3.8) is 0 Å². The molecule has 3 rings (SSSR count). The van der Waals surface area contributed by atoms with Gasteiger partial charge in [0.2, 0.25) is 11.8 Å². The van der Waals surface area contributed by atoms with Crippen LogP contribution >= 0.6 is 0 Å². The van der Waals surface area contributed by atoms with Crippen LogP contribution in [0.25, 0.3) is 0 Å². The number of methoxy groups -OCH3 is 1. The Hall–Kier alpha value is -2.41. The molecule has 0 aliphatic carbocycles. The van der Waals surface area contributed by atoms with Crippen molar-refractivity contribution in [1.29, 1.82) is 0 Å². The summed E-state index contributed by atoms with van der Waals surface area (Å²) in [5.74, 6) is -2.68. The molecule has 4 atom stereocenters.